The van der Waals surface area contributed by atoms with E-state index in [1.165, 1.54) is 0 Å². The molecule has 0 heterocycles. The molecule has 1 unspecified atom stereocenters. The molecule has 0 radical (unpaired) electrons. The average molecular weight is 269 g/mol. The molecule has 2 nitrogen and oxygen atoms in total. The molecule has 0 fully saturated rings. The van der Waals surface area contributed by atoms with Crippen molar-refractivity contribution < 1.29 is 9.50 Å². The van der Waals surface area contributed by atoms with Crippen LogP contribution in [-0.4, -0.2) is 11.6 Å². The highest BCUT2D eigenvalue weighted by Gasteiger charge is 2.02. The van der Waals surface area contributed by atoms with Gasteiger partial charge in [0.05, 0.1) is 0 Å². The molecule has 0 aromatic heterocycles. The Balaban J connectivity index is 2.83. The number of aliphatic hydroxyl groups excluding tert-OH is 1. The molecule has 72 valence electrons. The lowest BCUT2D eigenvalue weighted by atomic mass is 10.2. The van der Waals surface area contributed by atoms with Crippen LogP contribution in [-0.2, 0) is 5.88 Å². The van der Waals surface area contributed by atoms with E-state index in [1.807, 2.05) is 0 Å². The molecule has 0 aliphatic rings. The molecule has 1 aromatic carbocycles. The number of hydrogen-bond acceptors (Lipinski definition) is 2. The predicted octanol–water partition coefficient (Wildman–Crippen LogP) is 2.85. The third-order valence-electron chi connectivity index (χ3n) is 1.48. The second-order valence-electron chi connectivity index (χ2n) is 2.42. The van der Waals surface area contributed by atoms with Gasteiger partial charge in [-0.25, -0.2) is 0 Å². The molecule has 1 aromatic rings. The predicted molar refractivity (Wildman–Crippen MR) is 54.4 cm³/mol. The lowest BCUT2D eigenvalue weighted by Gasteiger charge is -2.08. The molecule has 0 bridgehead atoms. The molecule has 0 saturated carbocycles. The van der Waals surface area contributed by atoms with Gasteiger partial charge in [-0.3, -0.25) is 0 Å². The molecule has 0 amide bonds. The molecule has 2 N–H and O–H groups in total. The first-order chi connectivity index (χ1) is 6.13. The summed E-state index contributed by atoms with van der Waals surface area (Å²) >= 11 is 8.89. The fourth-order valence-corrected chi connectivity index (χ4v) is 1.80. The van der Waals surface area contributed by atoms with Gasteiger partial charge < -0.3 is 10.4 Å². The number of hydrogen-bond donors (Lipinski definition) is 2. The van der Waals surface area contributed by atoms with E-state index in [-0.39, 0.29) is 0 Å². The maximum atomic E-state index is 12.1. The number of anilines is 1. The third kappa shape index (κ3) is 3.14. The lowest BCUT2D eigenvalue weighted by Crippen LogP contribution is -2.11. The van der Waals surface area contributed by atoms with Crippen molar-refractivity contribution in [2.75, 3.05) is 5.32 Å². The Morgan fingerprint density at radius 3 is 2.77 bits per heavy atom. The van der Waals surface area contributed by atoms with E-state index in [0.717, 1.165) is 10.0 Å². The summed E-state index contributed by atoms with van der Waals surface area (Å²) in [6.45, 7) is -2.05. The van der Waals surface area contributed by atoms with Crippen LogP contribution in [0.3, 0.4) is 0 Å². The molecule has 1 rings (SSSR count). The summed E-state index contributed by atoms with van der Waals surface area (Å²) < 4.78 is 12.9. The Labute approximate surface area is 88.8 Å². The van der Waals surface area contributed by atoms with Gasteiger partial charge in [0.2, 0.25) is 0 Å². The summed E-state index contributed by atoms with van der Waals surface area (Å²) in [6.07, 6.45) is 0. The lowest BCUT2D eigenvalue weighted by molar-refractivity contribution is 0.0694. The van der Waals surface area contributed by atoms with Crippen LogP contribution in [0.15, 0.2) is 22.7 Å². The number of benzene rings is 1. The molecule has 5 heteroatoms. The van der Waals surface area contributed by atoms with E-state index in [4.69, 9.17) is 16.7 Å². The van der Waals surface area contributed by atoms with Gasteiger partial charge in [0.1, 0.15) is 0 Å². The number of nitrogens with one attached hydrogen (secondary N) is 1. The summed E-state index contributed by atoms with van der Waals surface area (Å²) in [5, 5.41) is 10.6. The number of rotatable bonds is 3. The van der Waals surface area contributed by atoms with Crippen molar-refractivity contribution in [2.45, 2.75) is 12.4 Å². The van der Waals surface area contributed by atoms with Crippen LogP contribution in [0.5, 0.6) is 0 Å². The first kappa shape index (κ1) is 10.8. The zero-order valence-electron chi connectivity index (χ0n) is 6.60. The summed E-state index contributed by atoms with van der Waals surface area (Å²) in [4.78, 5) is 0. The van der Waals surface area contributed by atoms with Gasteiger partial charge in [0, 0.05) is 16.0 Å². The molecular weight excluding hydrogens is 260 g/mol. The fourth-order valence-electron chi connectivity index (χ4n) is 0.883. The first-order valence-electron chi connectivity index (χ1n) is 3.56. The Morgan fingerprint density at radius 1 is 1.62 bits per heavy atom. The number of aliphatic hydroxyl groups is 1. The van der Waals surface area contributed by atoms with Gasteiger partial charge in [-0.1, -0.05) is 22.0 Å². The van der Waals surface area contributed by atoms with Crippen LogP contribution in [0.2, 0.25) is 0 Å². The zero-order valence-corrected chi connectivity index (χ0v) is 8.94. The number of halogens is 3. The smallest absolute Gasteiger partial charge is 0.274 e. The van der Waals surface area contributed by atoms with Crippen molar-refractivity contribution in [3.63, 3.8) is 0 Å². The van der Waals surface area contributed by atoms with Crippen LogP contribution in [0, 0.1) is 0 Å². The minimum absolute atomic E-state index is 0.388. The summed E-state index contributed by atoms with van der Waals surface area (Å²) in [7, 11) is 0. The second-order valence-corrected chi connectivity index (χ2v) is 3.54. The highest BCUT2D eigenvalue weighted by molar-refractivity contribution is 9.10. The maximum absolute atomic E-state index is 12.1. The summed E-state index contributed by atoms with van der Waals surface area (Å²) in [5.74, 6) is 0.388. The number of alkyl halides is 2. The van der Waals surface area contributed by atoms with Gasteiger partial charge in [-0.15, -0.1) is 11.6 Å². The Bertz CT molecular complexity index is 295. The standard InChI is InChI=1S/C8H8BrClFNO/c9-7-3-6(12-8(11)13)2-1-5(7)4-10/h1-3,8,12-13H,4H2. The van der Waals surface area contributed by atoms with Crippen molar-refractivity contribution in [3.05, 3.63) is 28.2 Å². The highest BCUT2D eigenvalue weighted by Crippen LogP contribution is 2.23. The normalized spacial score (nSPS) is 12.6. The molecular formula is C8H8BrClFNO. The van der Waals surface area contributed by atoms with Crippen molar-refractivity contribution in [2.24, 2.45) is 0 Å². The van der Waals surface area contributed by atoms with Crippen LogP contribution in [0.25, 0.3) is 0 Å². The summed E-state index contributed by atoms with van der Waals surface area (Å²) in [5.41, 5.74) is 1.41. The minimum Gasteiger partial charge on any atom is -0.348 e. The maximum Gasteiger partial charge on any atom is 0.274 e. The molecule has 0 spiro atoms. The Hall–Kier alpha value is -0.320. The van der Waals surface area contributed by atoms with E-state index >= 15 is 0 Å². The van der Waals surface area contributed by atoms with Gasteiger partial charge >= 0.3 is 0 Å². The van der Waals surface area contributed by atoms with Gasteiger partial charge in [-0.05, 0) is 17.7 Å². The molecule has 0 saturated heterocycles. The highest BCUT2D eigenvalue weighted by atomic mass is 79.9. The van der Waals surface area contributed by atoms with Gasteiger partial charge in [0.25, 0.3) is 6.48 Å². The van der Waals surface area contributed by atoms with Crippen molar-refractivity contribution in [1.29, 1.82) is 0 Å². The summed E-state index contributed by atoms with van der Waals surface area (Å²) in [6, 6.07) is 5.05. The van der Waals surface area contributed by atoms with E-state index in [9.17, 15) is 4.39 Å². The SMILES string of the molecule is OC(F)Nc1ccc(CCl)c(Br)c1. The molecule has 0 aliphatic carbocycles. The third-order valence-corrected chi connectivity index (χ3v) is 2.51. The fraction of sp³-hybridized carbons (Fsp3) is 0.250. The van der Waals surface area contributed by atoms with Crippen molar-refractivity contribution in [3.8, 4) is 0 Å². The van der Waals surface area contributed by atoms with Crippen molar-refractivity contribution in [1.82, 2.24) is 0 Å². The second kappa shape index (κ2) is 4.79. The zero-order chi connectivity index (χ0) is 9.84. The molecule has 13 heavy (non-hydrogen) atoms. The van der Waals surface area contributed by atoms with E-state index in [1.54, 1.807) is 18.2 Å². The topological polar surface area (TPSA) is 32.3 Å². The van der Waals surface area contributed by atoms with Crippen LogP contribution >= 0.6 is 27.5 Å². The molecule has 0 aliphatic heterocycles. The van der Waals surface area contributed by atoms with E-state index < -0.39 is 6.48 Å². The average Bonchev–Trinajstić information content (AvgIpc) is 2.03. The van der Waals surface area contributed by atoms with Gasteiger partial charge in [0.15, 0.2) is 0 Å². The van der Waals surface area contributed by atoms with Crippen LogP contribution in [0.4, 0.5) is 10.1 Å². The van der Waals surface area contributed by atoms with E-state index in [2.05, 4.69) is 21.2 Å². The minimum atomic E-state index is -2.05. The Kier molecular flexibility index (Phi) is 3.96. The monoisotopic (exact) mass is 267 g/mol. The Morgan fingerprint density at radius 2 is 2.31 bits per heavy atom. The van der Waals surface area contributed by atoms with E-state index in [0.29, 0.717) is 11.6 Å². The van der Waals surface area contributed by atoms with Crippen LogP contribution < -0.4 is 5.32 Å². The van der Waals surface area contributed by atoms with Crippen molar-refractivity contribution >= 4 is 33.2 Å². The molecule has 1 atom stereocenters. The van der Waals surface area contributed by atoms with Gasteiger partial charge in [-0.2, -0.15) is 4.39 Å². The largest absolute Gasteiger partial charge is 0.348 e. The van der Waals surface area contributed by atoms with Crippen LogP contribution in [0.1, 0.15) is 5.56 Å². The quantitative estimate of drug-likeness (QED) is 0.502. The first-order valence-corrected chi connectivity index (χ1v) is 4.89.